The summed E-state index contributed by atoms with van der Waals surface area (Å²) in [6.07, 6.45) is -2.08. The van der Waals surface area contributed by atoms with Crippen LogP contribution in [0.25, 0.3) is 11.1 Å². The van der Waals surface area contributed by atoms with Gasteiger partial charge in [-0.2, -0.15) is 0 Å². The van der Waals surface area contributed by atoms with E-state index in [0.717, 1.165) is 29.9 Å². The summed E-state index contributed by atoms with van der Waals surface area (Å²) in [5.74, 6) is 0. The highest BCUT2D eigenvalue weighted by Crippen LogP contribution is 2.33. The minimum absolute atomic E-state index is 0.0965. The minimum Gasteiger partial charge on any atom is -0.465 e. The fourth-order valence-corrected chi connectivity index (χ4v) is 4.76. The summed E-state index contributed by atoms with van der Waals surface area (Å²) in [4.78, 5) is 17.3. The molecule has 0 radical (unpaired) electrons. The summed E-state index contributed by atoms with van der Waals surface area (Å²) in [5, 5.41) is 10.8. The van der Waals surface area contributed by atoms with Gasteiger partial charge in [-0.15, -0.1) is 0 Å². The number of hydrogen-bond acceptors (Lipinski definition) is 3. The molecule has 0 aromatic heterocycles. The minimum atomic E-state index is -1.12. The number of piperazine rings is 1. The van der Waals surface area contributed by atoms with Crippen molar-refractivity contribution in [2.24, 2.45) is 0 Å². The lowest BCUT2D eigenvalue weighted by Gasteiger charge is -2.37. The molecule has 0 spiro atoms. The third kappa shape index (κ3) is 6.45. The van der Waals surface area contributed by atoms with Gasteiger partial charge in [0.25, 0.3) is 0 Å². The van der Waals surface area contributed by atoms with Crippen LogP contribution in [0.3, 0.4) is 0 Å². The third-order valence-electron chi connectivity index (χ3n) is 6.28. The molecule has 1 amide bonds. The molecule has 1 unspecified atom stereocenters. The van der Waals surface area contributed by atoms with Crippen molar-refractivity contribution < 1.29 is 14.3 Å². The van der Waals surface area contributed by atoms with Crippen molar-refractivity contribution in [1.82, 2.24) is 4.90 Å². The van der Waals surface area contributed by atoms with E-state index in [9.17, 15) is 14.3 Å². The van der Waals surface area contributed by atoms with Gasteiger partial charge in [0.1, 0.15) is 6.17 Å². The molecular weight excluding hydrogens is 488 g/mol. The van der Waals surface area contributed by atoms with E-state index in [1.165, 1.54) is 4.90 Å². The molecule has 184 valence electrons. The molecule has 1 saturated heterocycles. The van der Waals surface area contributed by atoms with Gasteiger partial charge in [0, 0.05) is 45.0 Å². The molecule has 8 heteroatoms. The predicted octanol–water partition coefficient (Wildman–Crippen LogP) is 6.70. The van der Waals surface area contributed by atoms with Crippen LogP contribution in [0.15, 0.2) is 72.8 Å². The van der Waals surface area contributed by atoms with Gasteiger partial charge in [-0.3, -0.25) is 9.80 Å². The summed E-state index contributed by atoms with van der Waals surface area (Å²) < 4.78 is 14.8. The maximum absolute atomic E-state index is 14.8. The topological polar surface area (TPSA) is 47.0 Å². The highest BCUT2D eigenvalue weighted by Gasteiger charge is 2.23. The Morgan fingerprint density at radius 3 is 2.23 bits per heavy atom. The van der Waals surface area contributed by atoms with Gasteiger partial charge in [0.05, 0.1) is 15.7 Å². The first-order valence-corrected chi connectivity index (χ1v) is 12.4. The Morgan fingerprint density at radius 1 is 0.914 bits per heavy atom. The summed E-state index contributed by atoms with van der Waals surface area (Å²) in [7, 11) is 0. The SMILES string of the molecule is O=C(O)N(CCC(F)CN1CCN(c2cccc(Cl)c2Cl)CC1)c1ccc(-c2ccccc2)cc1. The van der Waals surface area contributed by atoms with Gasteiger partial charge in [0.15, 0.2) is 0 Å². The average molecular weight is 516 g/mol. The molecule has 0 aliphatic carbocycles. The van der Waals surface area contributed by atoms with Crippen molar-refractivity contribution in [1.29, 1.82) is 0 Å². The van der Waals surface area contributed by atoms with E-state index in [1.54, 1.807) is 18.2 Å². The van der Waals surface area contributed by atoms with E-state index in [0.29, 0.717) is 28.8 Å². The monoisotopic (exact) mass is 515 g/mol. The molecule has 0 bridgehead atoms. The van der Waals surface area contributed by atoms with Crippen LogP contribution in [-0.4, -0.2) is 61.5 Å². The molecule has 1 aliphatic rings. The third-order valence-corrected chi connectivity index (χ3v) is 7.09. The Kier molecular flexibility index (Phi) is 8.50. The van der Waals surface area contributed by atoms with E-state index >= 15 is 0 Å². The molecule has 4 rings (SSSR count). The van der Waals surface area contributed by atoms with Gasteiger partial charge in [-0.05, 0) is 41.8 Å². The number of benzene rings is 3. The lowest BCUT2D eigenvalue weighted by atomic mass is 10.1. The zero-order chi connectivity index (χ0) is 24.8. The lowest BCUT2D eigenvalue weighted by Crippen LogP contribution is -2.48. The fourth-order valence-electron chi connectivity index (χ4n) is 4.35. The fraction of sp³-hybridized carbons (Fsp3) is 0.296. The highest BCUT2D eigenvalue weighted by atomic mass is 35.5. The predicted molar refractivity (Wildman–Crippen MR) is 142 cm³/mol. The number of alkyl halides is 1. The smallest absolute Gasteiger partial charge is 0.411 e. The molecular formula is C27H28Cl2FN3O2. The van der Waals surface area contributed by atoms with Crippen molar-refractivity contribution in [2.45, 2.75) is 12.6 Å². The first-order valence-electron chi connectivity index (χ1n) is 11.6. The number of amides is 1. The second-order valence-electron chi connectivity index (χ2n) is 8.59. The summed E-state index contributed by atoms with van der Waals surface area (Å²) >= 11 is 12.5. The standard InChI is InChI=1S/C27H28Cl2FN3O2/c28-24-7-4-8-25(26(24)29)32-17-15-31(16-18-32)19-22(30)13-14-33(27(34)35)23-11-9-21(10-12-23)20-5-2-1-3-6-20/h1-12,22H,13-19H2,(H,34,35). The molecule has 1 fully saturated rings. The van der Waals surface area contributed by atoms with Gasteiger partial charge >= 0.3 is 6.09 Å². The highest BCUT2D eigenvalue weighted by molar-refractivity contribution is 6.43. The number of anilines is 2. The zero-order valence-corrected chi connectivity index (χ0v) is 20.8. The van der Waals surface area contributed by atoms with Crippen LogP contribution in [0, 0.1) is 0 Å². The van der Waals surface area contributed by atoms with Crippen molar-refractivity contribution in [3.8, 4) is 11.1 Å². The largest absolute Gasteiger partial charge is 0.465 e. The second kappa shape index (κ2) is 11.8. The molecule has 1 aliphatic heterocycles. The maximum atomic E-state index is 14.8. The first-order chi connectivity index (χ1) is 16.9. The Bertz CT molecular complexity index is 1120. The molecule has 1 N–H and O–H groups in total. The average Bonchev–Trinajstić information content (AvgIpc) is 2.87. The normalized spacial score (nSPS) is 15.1. The molecule has 35 heavy (non-hydrogen) atoms. The van der Waals surface area contributed by atoms with Gasteiger partial charge in [-0.1, -0.05) is 71.7 Å². The number of rotatable bonds is 8. The van der Waals surface area contributed by atoms with Crippen LogP contribution in [0.5, 0.6) is 0 Å². The van der Waals surface area contributed by atoms with E-state index < -0.39 is 12.3 Å². The van der Waals surface area contributed by atoms with Gasteiger partial charge < -0.3 is 10.0 Å². The number of nitrogens with zero attached hydrogens (tertiary/aromatic N) is 3. The summed E-state index contributed by atoms with van der Waals surface area (Å²) in [5.41, 5.74) is 3.49. The van der Waals surface area contributed by atoms with Crippen LogP contribution in [-0.2, 0) is 0 Å². The van der Waals surface area contributed by atoms with Gasteiger partial charge in [-0.25, -0.2) is 9.18 Å². The van der Waals surface area contributed by atoms with E-state index in [-0.39, 0.29) is 19.5 Å². The molecule has 5 nitrogen and oxygen atoms in total. The molecule has 0 saturated carbocycles. The van der Waals surface area contributed by atoms with Crippen molar-refractivity contribution in [2.75, 3.05) is 49.1 Å². The van der Waals surface area contributed by atoms with Crippen LogP contribution in [0.4, 0.5) is 20.6 Å². The number of hydrogen-bond donors (Lipinski definition) is 1. The number of carboxylic acid groups (broad SMARTS) is 1. The quantitative estimate of drug-likeness (QED) is 0.362. The lowest BCUT2D eigenvalue weighted by molar-refractivity contribution is 0.175. The van der Waals surface area contributed by atoms with E-state index in [1.807, 2.05) is 54.6 Å². The van der Waals surface area contributed by atoms with Crippen LogP contribution >= 0.6 is 23.2 Å². The molecule has 1 heterocycles. The zero-order valence-electron chi connectivity index (χ0n) is 19.3. The summed E-state index contributed by atoms with van der Waals surface area (Å²) in [6, 6.07) is 22.8. The van der Waals surface area contributed by atoms with Crippen molar-refractivity contribution in [3.63, 3.8) is 0 Å². The molecule has 1 atom stereocenters. The molecule has 3 aromatic carbocycles. The number of carbonyl (C=O) groups is 1. The number of halogens is 3. The van der Waals surface area contributed by atoms with Crippen LogP contribution in [0.1, 0.15) is 6.42 Å². The Labute approximate surface area is 215 Å². The van der Waals surface area contributed by atoms with E-state index in [4.69, 9.17) is 23.2 Å². The van der Waals surface area contributed by atoms with Crippen molar-refractivity contribution >= 4 is 40.7 Å². The van der Waals surface area contributed by atoms with E-state index in [2.05, 4.69) is 9.80 Å². The Balaban J connectivity index is 1.28. The Hall–Kier alpha value is -2.80. The van der Waals surface area contributed by atoms with Crippen LogP contribution < -0.4 is 9.80 Å². The Morgan fingerprint density at radius 2 is 1.57 bits per heavy atom. The van der Waals surface area contributed by atoms with Crippen molar-refractivity contribution in [3.05, 3.63) is 82.8 Å². The first kappa shape index (κ1) is 25.3. The summed E-state index contributed by atoms with van der Waals surface area (Å²) in [6.45, 7) is 3.22. The second-order valence-corrected chi connectivity index (χ2v) is 9.38. The van der Waals surface area contributed by atoms with Gasteiger partial charge in [0.2, 0.25) is 0 Å². The maximum Gasteiger partial charge on any atom is 0.411 e. The van der Waals surface area contributed by atoms with Crippen LogP contribution in [0.2, 0.25) is 10.0 Å². The molecule has 3 aromatic rings.